The SMILES string of the molecule is CN=C(NCCC1=CCOCC1)NC1CCCN(C(=O)OC(C)(C)C)C1. The Kier molecular flexibility index (Phi) is 7.75. The highest BCUT2D eigenvalue weighted by molar-refractivity contribution is 5.80. The van der Waals surface area contributed by atoms with E-state index >= 15 is 0 Å². The van der Waals surface area contributed by atoms with E-state index in [0.717, 1.165) is 57.9 Å². The fourth-order valence-electron chi connectivity index (χ4n) is 3.11. The third-order valence-corrected chi connectivity index (χ3v) is 4.43. The van der Waals surface area contributed by atoms with Gasteiger partial charge in [-0.3, -0.25) is 4.99 Å². The van der Waals surface area contributed by atoms with Crippen LogP contribution in [0.5, 0.6) is 0 Å². The lowest BCUT2D eigenvalue weighted by Crippen LogP contribution is -2.53. The summed E-state index contributed by atoms with van der Waals surface area (Å²) in [6.45, 7) is 9.45. The molecule has 0 aromatic carbocycles. The number of piperidine rings is 1. The molecule has 2 heterocycles. The third-order valence-electron chi connectivity index (χ3n) is 4.43. The smallest absolute Gasteiger partial charge is 0.410 e. The van der Waals surface area contributed by atoms with Gasteiger partial charge in [0.2, 0.25) is 0 Å². The molecule has 2 rings (SSSR count). The van der Waals surface area contributed by atoms with Crippen molar-refractivity contribution in [3.63, 3.8) is 0 Å². The summed E-state index contributed by atoms with van der Waals surface area (Å²) < 4.78 is 10.8. The van der Waals surface area contributed by atoms with Crippen molar-refractivity contribution in [3.05, 3.63) is 11.6 Å². The average Bonchev–Trinajstić information content (AvgIpc) is 2.60. The average molecular weight is 367 g/mol. The molecule has 7 nitrogen and oxygen atoms in total. The molecule has 2 N–H and O–H groups in total. The van der Waals surface area contributed by atoms with E-state index in [1.54, 1.807) is 11.9 Å². The summed E-state index contributed by atoms with van der Waals surface area (Å²) in [5, 5.41) is 6.81. The van der Waals surface area contributed by atoms with Crippen LogP contribution in [0, 0.1) is 0 Å². The normalized spacial score (nSPS) is 21.8. The van der Waals surface area contributed by atoms with Crippen molar-refractivity contribution >= 4 is 12.1 Å². The fraction of sp³-hybridized carbons (Fsp3) is 0.789. The second-order valence-corrected chi connectivity index (χ2v) is 7.85. The molecule has 2 aliphatic rings. The second-order valence-electron chi connectivity index (χ2n) is 7.85. The monoisotopic (exact) mass is 366 g/mol. The molecule has 0 saturated carbocycles. The van der Waals surface area contributed by atoms with E-state index in [0.29, 0.717) is 6.54 Å². The maximum Gasteiger partial charge on any atom is 0.410 e. The van der Waals surface area contributed by atoms with Crippen LogP contribution in [0.1, 0.15) is 46.5 Å². The van der Waals surface area contributed by atoms with E-state index in [-0.39, 0.29) is 12.1 Å². The Balaban J connectivity index is 1.76. The predicted octanol–water partition coefficient (Wildman–Crippen LogP) is 2.29. The minimum absolute atomic E-state index is 0.185. The molecule has 1 atom stereocenters. The summed E-state index contributed by atoms with van der Waals surface area (Å²) in [5.41, 5.74) is 0.974. The van der Waals surface area contributed by atoms with Crippen LogP contribution < -0.4 is 10.6 Å². The first-order chi connectivity index (χ1) is 12.4. The fourth-order valence-corrected chi connectivity index (χ4v) is 3.11. The molecule has 1 unspecified atom stereocenters. The maximum absolute atomic E-state index is 12.3. The summed E-state index contributed by atoms with van der Waals surface area (Å²) in [7, 11) is 1.78. The Labute approximate surface area is 157 Å². The van der Waals surface area contributed by atoms with Gasteiger partial charge in [-0.05, 0) is 46.5 Å². The number of guanidine groups is 1. The number of ether oxygens (including phenoxy) is 2. The molecule has 0 bridgehead atoms. The Morgan fingerprint density at radius 1 is 1.46 bits per heavy atom. The van der Waals surface area contributed by atoms with Crippen molar-refractivity contribution in [2.24, 2.45) is 4.99 Å². The number of carbonyl (C=O) groups is 1. The molecule has 1 amide bonds. The number of hydrogen-bond acceptors (Lipinski definition) is 4. The van der Waals surface area contributed by atoms with Crippen LogP contribution in [-0.4, -0.2) is 68.5 Å². The number of nitrogens with zero attached hydrogens (tertiary/aromatic N) is 2. The largest absolute Gasteiger partial charge is 0.444 e. The van der Waals surface area contributed by atoms with Crippen molar-refractivity contribution in [2.45, 2.75) is 58.1 Å². The summed E-state index contributed by atoms with van der Waals surface area (Å²) in [6.07, 6.45) is 5.92. The lowest BCUT2D eigenvalue weighted by atomic mass is 10.1. The first-order valence-electron chi connectivity index (χ1n) is 9.58. The van der Waals surface area contributed by atoms with E-state index in [1.807, 2.05) is 20.8 Å². The van der Waals surface area contributed by atoms with Gasteiger partial charge >= 0.3 is 6.09 Å². The molecular formula is C19H34N4O3. The number of aliphatic imine (C=N–C) groups is 1. The zero-order valence-electron chi connectivity index (χ0n) is 16.6. The van der Waals surface area contributed by atoms with Crippen LogP contribution in [0.25, 0.3) is 0 Å². The number of likely N-dealkylation sites (tertiary alicyclic amines) is 1. The highest BCUT2D eigenvalue weighted by Gasteiger charge is 2.27. The van der Waals surface area contributed by atoms with E-state index in [4.69, 9.17) is 9.47 Å². The Bertz CT molecular complexity index is 525. The summed E-state index contributed by atoms with van der Waals surface area (Å²) >= 11 is 0. The quantitative estimate of drug-likeness (QED) is 0.454. The maximum atomic E-state index is 12.3. The van der Waals surface area contributed by atoms with E-state index in [1.165, 1.54) is 5.57 Å². The van der Waals surface area contributed by atoms with Crippen LogP contribution in [-0.2, 0) is 9.47 Å². The number of nitrogens with one attached hydrogen (secondary N) is 2. The molecule has 1 saturated heterocycles. The predicted molar refractivity (Wildman–Crippen MR) is 103 cm³/mol. The van der Waals surface area contributed by atoms with Gasteiger partial charge in [0.15, 0.2) is 5.96 Å². The number of carbonyl (C=O) groups excluding carboxylic acids is 1. The Morgan fingerprint density at radius 3 is 2.92 bits per heavy atom. The van der Waals surface area contributed by atoms with Crippen LogP contribution >= 0.6 is 0 Å². The van der Waals surface area contributed by atoms with Crippen LogP contribution in [0.4, 0.5) is 4.79 Å². The minimum Gasteiger partial charge on any atom is -0.444 e. The zero-order chi connectivity index (χ0) is 19.0. The van der Waals surface area contributed by atoms with E-state index in [2.05, 4.69) is 21.7 Å². The lowest BCUT2D eigenvalue weighted by molar-refractivity contribution is 0.0193. The third kappa shape index (κ3) is 7.23. The molecule has 0 spiro atoms. The van der Waals surface area contributed by atoms with Crippen LogP contribution in [0.2, 0.25) is 0 Å². The van der Waals surface area contributed by atoms with Crippen molar-refractivity contribution in [3.8, 4) is 0 Å². The van der Waals surface area contributed by atoms with Crippen LogP contribution in [0.3, 0.4) is 0 Å². The van der Waals surface area contributed by atoms with Crippen molar-refractivity contribution in [1.82, 2.24) is 15.5 Å². The van der Waals surface area contributed by atoms with Crippen molar-refractivity contribution in [2.75, 3.05) is 39.9 Å². The van der Waals surface area contributed by atoms with E-state index in [9.17, 15) is 4.79 Å². The van der Waals surface area contributed by atoms with Gasteiger partial charge in [-0.25, -0.2) is 4.79 Å². The van der Waals surface area contributed by atoms with Crippen molar-refractivity contribution < 1.29 is 14.3 Å². The van der Waals surface area contributed by atoms with Gasteiger partial charge in [-0.2, -0.15) is 0 Å². The van der Waals surface area contributed by atoms with Crippen molar-refractivity contribution in [1.29, 1.82) is 0 Å². The highest BCUT2D eigenvalue weighted by Crippen LogP contribution is 2.15. The summed E-state index contributed by atoms with van der Waals surface area (Å²) in [6, 6.07) is 0.185. The Morgan fingerprint density at radius 2 is 2.27 bits per heavy atom. The molecule has 148 valence electrons. The molecular weight excluding hydrogens is 332 g/mol. The first-order valence-corrected chi connectivity index (χ1v) is 9.58. The highest BCUT2D eigenvalue weighted by atomic mass is 16.6. The Hall–Kier alpha value is -1.76. The van der Waals surface area contributed by atoms with E-state index < -0.39 is 5.60 Å². The standard InChI is InChI=1S/C19H34N4O3/c1-19(2,3)26-18(24)23-11-5-6-16(14-23)22-17(20-4)21-10-7-15-8-12-25-13-9-15/h8,16H,5-7,9-14H2,1-4H3,(H2,20,21,22). The molecule has 2 aliphatic heterocycles. The van der Waals surface area contributed by atoms with Gasteiger partial charge in [-0.15, -0.1) is 0 Å². The van der Waals surface area contributed by atoms with Gasteiger partial charge in [0.05, 0.1) is 13.2 Å². The molecule has 0 aromatic rings. The summed E-state index contributed by atoms with van der Waals surface area (Å²) in [5.74, 6) is 0.786. The zero-order valence-corrected chi connectivity index (χ0v) is 16.6. The molecule has 1 fully saturated rings. The van der Waals surface area contributed by atoms with Gasteiger partial charge in [0, 0.05) is 32.7 Å². The van der Waals surface area contributed by atoms with Gasteiger partial charge < -0.3 is 25.0 Å². The topological polar surface area (TPSA) is 75.2 Å². The molecule has 0 aromatic heterocycles. The first kappa shape index (κ1) is 20.6. The van der Waals surface area contributed by atoms with Gasteiger partial charge in [-0.1, -0.05) is 11.6 Å². The summed E-state index contributed by atoms with van der Waals surface area (Å²) in [4.78, 5) is 18.4. The van der Waals surface area contributed by atoms with Crippen LogP contribution in [0.15, 0.2) is 16.6 Å². The van der Waals surface area contributed by atoms with Gasteiger partial charge in [0.1, 0.15) is 5.60 Å². The number of rotatable bonds is 4. The second kappa shape index (κ2) is 9.80. The number of amides is 1. The molecule has 7 heteroatoms. The molecule has 26 heavy (non-hydrogen) atoms. The minimum atomic E-state index is -0.464. The molecule has 0 aliphatic carbocycles. The molecule has 0 radical (unpaired) electrons. The lowest BCUT2D eigenvalue weighted by Gasteiger charge is -2.35. The van der Waals surface area contributed by atoms with Gasteiger partial charge in [0.25, 0.3) is 0 Å². The number of hydrogen-bond donors (Lipinski definition) is 2.